The lowest BCUT2D eigenvalue weighted by atomic mass is 10.1. The van der Waals surface area contributed by atoms with E-state index in [-0.39, 0.29) is 24.2 Å². The first-order valence-corrected chi connectivity index (χ1v) is 8.38. The summed E-state index contributed by atoms with van der Waals surface area (Å²) < 4.78 is 10.2. The van der Waals surface area contributed by atoms with E-state index in [0.717, 1.165) is 17.7 Å². The van der Waals surface area contributed by atoms with Gasteiger partial charge in [-0.25, -0.2) is 4.79 Å². The predicted molar refractivity (Wildman–Crippen MR) is 96.6 cm³/mol. The van der Waals surface area contributed by atoms with Gasteiger partial charge in [0.1, 0.15) is 5.75 Å². The van der Waals surface area contributed by atoms with Gasteiger partial charge in [0.05, 0.1) is 4.92 Å². The van der Waals surface area contributed by atoms with Crippen molar-refractivity contribution in [2.45, 2.75) is 19.4 Å². The van der Waals surface area contributed by atoms with Gasteiger partial charge in [-0.15, -0.1) is 0 Å². The smallest absolute Gasteiger partial charge is 0.344 e. The molecule has 27 heavy (non-hydrogen) atoms. The minimum Gasteiger partial charge on any atom is -0.482 e. The number of para-hydroxylation sites is 1. The van der Waals surface area contributed by atoms with Crippen molar-refractivity contribution in [3.63, 3.8) is 0 Å². The SMILES string of the molecule is C[C@H]1Cc2ccccc2N1C(=O)COC(=O)COc1ccc([N+](=O)[O-])cc1. The second-order valence-corrected chi connectivity index (χ2v) is 6.15. The molecule has 2 aromatic rings. The normalized spacial score (nSPS) is 15.1. The number of ether oxygens (including phenoxy) is 2. The topological polar surface area (TPSA) is 99.0 Å². The highest BCUT2D eigenvalue weighted by Gasteiger charge is 2.30. The number of nitro groups is 1. The molecule has 1 amide bonds. The maximum absolute atomic E-state index is 12.4. The average molecular weight is 370 g/mol. The van der Waals surface area contributed by atoms with Crippen molar-refractivity contribution < 1.29 is 24.0 Å². The minimum absolute atomic E-state index is 0.00459. The lowest BCUT2D eigenvalue weighted by Crippen LogP contribution is -2.39. The molecule has 0 saturated carbocycles. The van der Waals surface area contributed by atoms with E-state index in [2.05, 4.69) is 0 Å². The number of rotatable bonds is 6. The number of anilines is 1. The van der Waals surface area contributed by atoms with Gasteiger partial charge in [-0.05, 0) is 37.1 Å². The number of fused-ring (bicyclic) bond motifs is 1. The van der Waals surface area contributed by atoms with Crippen LogP contribution in [0, 0.1) is 10.1 Å². The highest BCUT2D eigenvalue weighted by Crippen LogP contribution is 2.31. The van der Waals surface area contributed by atoms with Crippen LogP contribution >= 0.6 is 0 Å². The zero-order chi connectivity index (χ0) is 19.4. The molecule has 140 valence electrons. The van der Waals surface area contributed by atoms with E-state index in [4.69, 9.17) is 9.47 Å². The summed E-state index contributed by atoms with van der Waals surface area (Å²) in [5.74, 6) is -0.691. The van der Waals surface area contributed by atoms with Crippen molar-refractivity contribution in [2.75, 3.05) is 18.1 Å². The molecule has 0 N–H and O–H groups in total. The number of esters is 1. The van der Waals surface area contributed by atoms with Gasteiger partial charge in [0, 0.05) is 23.9 Å². The Hall–Kier alpha value is -3.42. The molecule has 0 aromatic heterocycles. The van der Waals surface area contributed by atoms with Crippen molar-refractivity contribution in [2.24, 2.45) is 0 Å². The molecule has 2 aromatic carbocycles. The highest BCUT2D eigenvalue weighted by atomic mass is 16.6. The Bertz CT molecular complexity index is 865. The molecule has 1 heterocycles. The summed E-state index contributed by atoms with van der Waals surface area (Å²) in [7, 11) is 0. The number of benzene rings is 2. The molecule has 1 aliphatic rings. The Balaban J connectivity index is 1.49. The number of non-ortho nitro benzene ring substituents is 1. The highest BCUT2D eigenvalue weighted by molar-refractivity contribution is 5.97. The molecular weight excluding hydrogens is 352 g/mol. The zero-order valence-electron chi connectivity index (χ0n) is 14.7. The fourth-order valence-electron chi connectivity index (χ4n) is 3.01. The molecule has 1 aliphatic heterocycles. The third kappa shape index (κ3) is 4.22. The minimum atomic E-state index is -0.693. The molecule has 8 heteroatoms. The van der Waals surface area contributed by atoms with E-state index in [1.807, 2.05) is 31.2 Å². The maximum Gasteiger partial charge on any atom is 0.344 e. The lowest BCUT2D eigenvalue weighted by molar-refractivity contribution is -0.384. The van der Waals surface area contributed by atoms with Crippen LogP contribution in [0.5, 0.6) is 5.75 Å². The summed E-state index contributed by atoms with van der Waals surface area (Å²) in [5, 5.41) is 10.6. The Morgan fingerprint density at radius 3 is 2.56 bits per heavy atom. The quantitative estimate of drug-likeness (QED) is 0.440. The van der Waals surface area contributed by atoms with Crippen molar-refractivity contribution in [1.29, 1.82) is 0 Å². The van der Waals surface area contributed by atoms with Gasteiger partial charge in [0.25, 0.3) is 11.6 Å². The van der Waals surface area contributed by atoms with E-state index in [9.17, 15) is 19.7 Å². The summed E-state index contributed by atoms with van der Waals surface area (Å²) >= 11 is 0. The van der Waals surface area contributed by atoms with Crippen LogP contribution in [0.2, 0.25) is 0 Å². The van der Waals surface area contributed by atoms with Crippen LogP contribution in [0.25, 0.3) is 0 Å². The zero-order valence-corrected chi connectivity index (χ0v) is 14.7. The molecule has 3 rings (SSSR count). The van der Waals surface area contributed by atoms with E-state index >= 15 is 0 Å². The third-order valence-electron chi connectivity index (χ3n) is 4.24. The first-order valence-electron chi connectivity index (χ1n) is 8.38. The van der Waals surface area contributed by atoms with Crippen LogP contribution in [0.1, 0.15) is 12.5 Å². The van der Waals surface area contributed by atoms with Crippen LogP contribution < -0.4 is 9.64 Å². The molecule has 8 nitrogen and oxygen atoms in total. The summed E-state index contributed by atoms with van der Waals surface area (Å²) in [6.45, 7) is 1.18. The third-order valence-corrected chi connectivity index (χ3v) is 4.24. The van der Waals surface area contributed by atoms with Crippen molar-refractivity contribution in [3.05, 3.63) is 64.2 Å². The largest absolute Gasteiger partial charge is 0.482 e. The first-order chi connectivity index (χ1) is 13.0. The molecule has 0 bridgehead atoms. The molecule has 0 fully saturated rings. The van der Waals surface area contributed by atoms with Crippen LogP contribution in [-0.2, 0) is 20.7 Å². The predicted octanol–water partition coefficient (Wildman–Crippen LogP) is 2.49. The number of nitrogens with zero attached hydrogens (tertiary/aromatic N) is 2. The standard InChI is InChI=1S/C19H18N2O6/c1-13-10-14-4-2-3-5-17(14)20(13)18(22)11-27-19(23)12-26-16-8-6-15(7-9-16)21(24)25/h2-9,13H,10-12H2,1H3/t13-/m0/s1. The summed E-state index contributed by atoms with van der Waals surface area (Å²) in [5.41, 5.74) is 1.86. The summed E-state index contributed by atoms with van der Waals surface area (Å²) in [6, 6.07) is 13.0. The van der Waals surface area contributed by atoms with Gasteiger partial charge >= 0.3 is 5.97 Å². The lowest BCUT2D eigenvalue weighted by Gasteiger charge is -2.22. The maximum atomic E-state index is 12.4. The van der Waals surface area contributed by atoms with Gasteiger partial charge in [-0.2, -0.15) is 0 Å². The van der Waals surface area contributed by atoms with Gasteiger partial charge in [0.15, 0.2) is 13.2 Å². The van der Waals surface area contributed by atoms with Gasteiger partial charge in [-0.1, -0.05) is 18.2 Å². The molecule has 0 unspecified atom stereocenters. The molecule has 0 saturated heterocycles. The number of carbonyl (C=O) groups is 2. The Kier molecular flexibility index (Phi) is 5.35. The Morgan fingerprint density at radius 1 is 1.15 bits per heavy atom. The van der Waals surface area contributed by atoms with Crippen molar-refractivity contribution >= 4 is 23.3 Å². The fourth-order valence-corrected chi connectivity index (χ4v) is 3.01. The molecule has 0 radical (unpaired) electrons. The van der Waals surface area contributed by atoms with Crippen LogP contribution in [0.4, 0.5) is 11.4 Å². The van der Waals surface area contributed by atoms with E-state index in [0.29, 0.717) is 5.75 Å². The van der Waals surface area contributed by atoms with Gasteiger partial charge in [0.2, 0.25) is 0 Å². The second kappa shape index (κ2) is 7.86. The van der Waals surface area contributed by atoms with Crippen molar-refractivity contribution in [1.82, 2.24) is 0 Å². The first kappa shape index (κ1) is 18.4. The van der Waals surface area contributed by atoms with E-state index in [1.165, 1.54) is 24.3 Å². The van der Waals surface area contributed by atoms with E-state index in [1.54, 1.807) is 4.90 Å². The number of hydrogen-bond donors (Lipinski definition) is 0. The molecule has 0 aliphatic carbocycles. The number of amides is 1. The van der Waals surface area contributed by atoms with Gasteiger partial charge in [-0.3, -0.25) is 14.9 Å². The van der Waals surface area contributed by atoms with Gasteiger partial charge < -0.3 is 14.4 Å². The Morgan fingerprint density at radius 2 is 1.85 bits per heavy atom. The second-order valence-electron chi connectivity index (χ2n) is 6.15. The fraction of sp³-hybridized carbons (Fsp3) is 0.263. The summed E-state index contributed by atoms with van der Waals surface area (Å²) in [6.07, 6.45) is 0.763. The number of hydrogen-bond acceptors (Lipinski definition) is 6. The van der Waals surface area contributed by atoms with Crippen LogP contribution in [0.3, 0.4) is 0 Å². The van der Waals surface area contributed by atoms with Crippen LogP contribution in [-0.4, -0.2) is 36.1 Å². The van der Waals surface area contributed by atoms with E-state index < -0.39 is 17.5 Å². The average Bonchev–Trinajstić information content (AvgIpc) is 3.00. The Labute approximate surface area is 155 Å². The summed E-state index contributed by atoms with van der Waals surface area (Å²) in [4.78, 5) is 36.0. The molecular formula is C19H18N2O6. The number of nitro benzene ring substituents is 1. The molecule has 0 spiro atoms. The monoisotopic (exact) mass is 370 g/mol. The number of carbonyl (C=O) groups excluding carboxylic acids is 2. The molecule has 1 atom stereocenters. The van der Waals surface area contributed by atoms with Crippen molar-refractivity contribution in [3.8, 4) is 5.75 Å². The van der Waals surface area contributed by atoms with Crippen LogP contribution in [0.15, 0.2) is 48.5 Å².